The maximum absolute atomic E-state index is 12.7. The lowest BCUT2D eigenvalue weighted by molar-refractivity contribution is -0.116. The highest BCUT2D eigenvalue weighted by Crippen LogP contribution is 2.12. The predicted molar refractivity (Wildman–Crippen MR) is 79.5 cm³/mol. The van der Waals surface area contributed by atoms with Crippen molar-refractivity contribution in [2.45, 2.75) is 13.0 Å². The molecule has 0 unspecified atom stereocenters. The van der Waals surface area contributed by atoms with Crippen LogP contribution < -0.4 is 15.8 Å². The van der Waals surface area contributed by atoms with E-state index in [0.29, 0.717) is 12.3 Å². The van der Waals surface area contributed by atoms with Gasteiger partial charge in [-0.3, -0.25) is 4.79 Å². The summed E-state index contributed by atoms with van der Waals surface area (Å²) in [6.07, 6.45) is 0.218. The maximum Gasteiger partial charge on any atom is 0.227 e. The van der Waals surface area contributed by atoms with Crippen molar-refractivity contribution in [1.29, 1.82) is 0 Å². The van der Waals surface area contributed by atoms with E-state index in [0.717, 1.165) is 11.3 Å². The minimum Gasteiger partial charge on any atom is -0.493 e. The maximum atomic E-state index is 12.7. The number of carbonyl (C=O) groups is 1. The number of hydrogen-bond acceptors (Lipinski definition) is 3. The number of amides is 1. The first-order chi connectivity index (χ1) is 10.2. The van der Waals surface area contributed by atoms with Gasteiger partial charge >= 0.3 is 0 Å². The largest absolute Gasteiger partial charge is 0.493 e. The van der Waals surface area contributed by atoms with Crippen LogP contribution in [0.5, 0.6) is 5.75 Å². The summed E-state index contributed by atoms with van der Waals surface area (Å²) in [4.78, 5) is 11.7. The molecular weight excluding hydrogens is 271 g/mol. The molecule has 21 heavy (non-hydrogen) atoms. The summed E-state index contributed by atoms with van der Waals surface area (Å²) < 4.78 is 18.1. The summed E-state index contributed by atoms with van der Waals surface area (Å²) in [6.45, 7) is 0.706. The molecule has 0 bridgehead atoms. The standard InChI is InChI=1S/C16H17FN2O2/c17-13-3-7-15(8-4-13)21-10-9-16(20)19-14-5-1-12(11-18)2-6-14/h1-8H,9-11,18H2,(H,19,20). The van der Waals surface area contributed by atoms with Crippen molar-refractivity contribution in [2.24, 2.45) is 5.73 Å². The van der Waals surface area contributed by atoms with Crippen LogP contribution in [0.25, 0.3) is 0 Å². The molecule has 0 radical (unpaired) electrons. The summed E-state index contributed by atoms with van der Waals surface area (Å²) in [5.41, 5.74) is 7.23. The Balaban J connectivity index is 1.75. The molecule has 0 saturated carbocycles. The summed E-state index contributed by atoms with van der Waals surface area (Å²) in [6, 6.07) is 13.0. The number of hydrogen-bond donors (Lipinski definition) is 2. The summed E-state index contributed by atoms with van der Waals surface area (Å²) >= 11 is 0. The zero-order chi connectivity index (χ0) is 15.1. The Hall–Kier alpha value is -2.40. The van der Waals surface area contributed by atoms with Crippen molar-refractivity contribution in [3.63, 3.8) is 0 Å². The zero-order valence-corrected chi connectivity index (χ0v) is 11.5. The molecule has 2 aromatic carbocycles. The van der Waals surface area contributed by atoms with E-state index in [1.54, 1.807) is 12.1 Å². The lowest BCUT2D eigenvalue weighted by Gasteiger charge is -2.08. The molecule has 0 fully saturated rings. The highest BCUT2D eigenvalue weighted by Gasteiger charge is 2.03. The Labute approximate surface area is 122 Å². The molecule has 0 saturated heterocycles. The number of ether oxygens (including phenoxy) is 1. The molecule has 2 aromatic rings. The zero-order valence-electron chi connectivity index (χ0n) is 11.5. The Kier molecular flexibility index (Phi) is 5.29. The number of halogens is 1. The number of benzene rings is 2. The Morgan fingerprint density at radius 1 is 1.10 bits per heavy atom. The number of rotatable bonds is 6. The summed E-state index contributed by atoms with van der Waals surface area (Å²) in [7, 11) is 0. The van der Waals surface area contributed by atoms with Gasteiger partial charge in [0.1, 0.15) is 11.6 Å². The van der Waals surface area contributed by atoms with Crippen molar-refractivity contribution in [3.8, 4) is 5.75 Å². The number of carbonyl (C=O) groups excluding carboxylic acids is 1. The third-order valence-electron chi connectivity index (χ3n) is 2.88. The minimum atomic E-state index is -0.319. The van der Waals surface area contributed by atoms with E-state index < -0.39 is 0 Å². The molecule has 0 aliphatic rings. The van der Waals surface area contributed by atoms with Gasteiger partial charge in [-0.2, -0.15) is 0 Å². The van der Waals surface area contributed by atoms with E-state index in [1.807, 2.05) is 12.1 Å². The van der Waals surface area contributed by atoms with Gasteiger partial charge in [0.25, 0.3) is 0 Å². The SMILES string of the molecule is NCc1ccc(NC(=O)CCOc2ccc(F)cc2)cc1. The quantitative estimate of drug-likeness (QED) is 0.859. The first kappa shape index (κ1) is 15.0. The smallest absolute Gasteiger partial charge is 0.227 e. The third kappa shape index (κ3) is 4.89. The highest BCUT2D eigenvalue weighted by atomic mass is 19.1. The van der Waals surface area contributed by atoms with Crippen LogP contribution in [-0.2, 0) is 11.3 Å². The second kappa shape index (κ2) is 7.40. The van der Waals surface area contributed by atoms with E-state index in [1.165, 1.54) is 24.3 Å². The number of nitrogens with two attached hydrogens (primary N) is 1. The lowest BCUT2D eigenvalue weighted by Crippen LogP contribution is -2.15. The molecule has 0 aliphatic heterocycles. The van der Waals surface area contributed by atoms with E-state index in [4.69, 9.17) is 10.5 Å². The monoisotopic (exact) mass is 288 g/mol. The average Bonchev–Trinajstić information content (AvgIpc) is 2.50. The molecule has 5 heteroatoms. The van der Waals surface area contributed by atoms with E-state index in [2.05, 4.69) is 5.32 Å². The Morgan fingerprint density at radius 2 is 1.76 bits per heavy atom. The van der Waals surface area contributed by atoms with Gasteiger partial charge in [-0.15, -0.1) is 0 Å². The number of anilines is 1. The Morgan fingerprint density at radius 3 is 2.38 bits per heavy atom. The van der Waals surface area contributed by atoms with E-state index in [-0.39, 0.29) is 24.8 Å². The van der Waals surface area contributed by atoms with E-state index >= 15 is 0 Å². The van der Waals surface area contributed by atoms with Crippen LogP contribution in [0.2, 0.25) is 0 Å². The van der Waals surface area contributed by atoms with Gasteiger partial charge in [0, 0.05) is 12.2 Å². The molecule has 2 rings (SSSR count). The van der Waals surface area contributed by atoms with Gasteiger partial charge in [-0.25, -0.2) is 4.39 Å². The van der Waals surface area contributed by atoms with Crippen LogP contribution in [0.15, 0.2) is 48.5 Å². The van der Waals surface area contributed by atoms with Crippen molar-refractivity contribution in [2.75, 3.05) is 11.9 Å². The molecule has 0 aliphatic carbocycles. The normalized spacial score (nSPS) is 10.2. The fourth-order valence-electron chi connectivity index (χ4n) is 1.74. The molecule has 0 aromatic heterocycles. The summed E-state index contributed by atoms with van der Waals surface area (Å²) in [5.74, 6) is 0.0788. The van der Waals surface area contributed by atoms with Crippen molar-refractivity contribution in [1.82, 2.24) is 0 Å². The van der Waals surface area contributed by atoms with Crippen LogP contribution in [0.3, 0.4) is 0 Å². The second-order valence-corrected chi connectivity index (χ2v) is 4.50. The van der Waals surface area contributed by atoms with Gasteiger partial charge in [-0.1, -0.05) is 12.1 Å². The second-order valence-electron chi connectivity index (χ2n) is 4.50. The van der Waals surface area contributed by atoms with Gasteiger partial charge < -0.3 is 15.8 Å². The van der Waals surface area contributed by atoms with Crippen molar-refractivity contribution in [3.05, 3.63) is 59.9 Å². The first-order valence-corrected chi connectivity index (χ1v) is 6.64. The topological polar surface area (TPSA) is 64.3 Å². The average molecular weight is 288 g/mol. The Bertz CT molecular complexity index is 582. The highest BCUT2D eigenvalue weighted by molar-refractivity contribution is 5.90. The van der Waals surface area contributed by atoms with Gasteiger partial charge in [0.05, 0.1) is 13.0 Å². The first-order valence-electron chi connectivity index (χ1n) is 6.64. The van der Waals surface area contributed by atoms with E-state index in [9.17, 15) is 9.18 Å². The van der Waals surface area contributed by atoms with Crippen LogP contribution in [0, 0.1) is 5.82 Å². The van der Waals surface area contributed by atoms with Crippen molar-refractivity contribution >= 4 is 11.6 Å². The fraction of sp³-hybridized carbons (Fsp3) is 0.188. The van der Waals surface area contributed by atoms with Gasteiger partial charge in [-0.05, 0) is 42.0 Å². The molecule has 0 heterocycles. The van der Waals surface area contributed by atoms with Crippen LogP contribution in [0.4, 0.5) is 10.1 Å². The van der Waals surface area contributed by atoms with Gasteiger partial charge in [0.15, 0.2) is 0 Å². The number of nitrogens with one attached hydrogen (secondary N) is 1. The summed E-state index contributed by atoms with van der Waals surface area (Å²) in [5, 5.41) is 2.77. The minimum absolute atomic E-state index is 0.141. The molecular formula is C16H17FN2O2. The van der Waals surface area contributed by atoms with Crippen LogP contribution >= 0.6 is 0 Å². The third-order valence-corrected chi connectivity index (χ3v) is 2.88. The van der Waals surface area contributed by atoms with Gasteiger partial charge in [0.2, 0.25) is 5.91 Å². The lowest BCUT2D eigenvalue weighted by atomic mass is 10.2. The van der Waals surface area contributed by atoms with Crippen molar-refractivity contribution < 1.29 is 13.9 Å². The molecule has 4 nitrogen and oxygen atoms in total. The van der Waals surface area contributed by atoms with Crippen LogP contribution in [0.1, 0.15) is 12.0 Å². The molecule has 1 amide bonds. The van der Waals surface area contributed by atoms with Crippen LogP contribution in [-0.4, -0.2) is 12.5 Å². The fourth-order valence-corrected chi connectivity index (χ4v) is 1.74. The molecule has 0 atom stereocenters. The molecule has 0 spiro atoms. The molecule has 110 valence electrons. The molecule has 3 N–H and O–H groups in total. The predicted octanol–water partition coefficient (Wildman–Crippen LogP) is 2.69.